The van der Waals surface area contributed by atoms with Gasteiger partial charge in [-0.25, -0.2) is 0 Å². The molecular formula is C20H37Cl2OSi2Ti. The molecule has 0 amide bonds. The smallest absolute Gasteiger partial charge is 0.147 e. The fourth-order valence-electron chi connectivity index (χ4n) is 4.10. The number of benzene rings is 1. The molecule has 0 saturated heterocycles. The molecule has 149 valence electrons. The Hall–Kier alpha value is 0.228. The number of halogens is 2. The molecule has 1 nitrogen and oxygen atoms in total. The van der Waals surface area contributed by atoms with Gasteiger partial charge in [-0.2, -0.15) is 0 Å². The van der Waals surface area contributed by atoms with Crippen LogP contribution < -0.4 is 8.51 Å². The van der Waals surface area contributed by atoms with Crippen molar-refractivity contribution >= 4 is 48.4 Å². The predicted molar refractivity (Wildman–Crippen MR) is 128 cm³/mol. The van der Waals surface area contributed by atoms with Crippen LogP contribution in [0.15, 0.2) is 22.1 Å². The third kappa shape index (κ3) is 4.98. The van der Waals surface area contributed by atoms with Crippen LogP contribution in [0.4, 0.5) is 0 Å². The standard InChI is InChI=1S/C13H22OSi.C5H5.2CH3.2ClH.H3Si.Ti/c1-7-8(2)10(13(4,5)6)12(15)11(14)9(7)3;1-2-4-5-3-1;;;;;;/h14H,1-6,15H3;1-3H,4H2;2*1H3;2*1H;1H3;/q;;;;;;;+1/p-1. The average Bonchev–Trinajstić information content (AvgIpc) is 2.95. The van der Waals surface area contributed by atoms with E-state index in [1.807, 2.05) is 0 Å². The molecule has 0 bridgehead atoms. The van der Waals surface area contributed by atoms with Crippen LogP contribution >= 0.6 is 24.8 Å². The molecule has 0 N–H and O–H groups in total. The van der Waals surface area contributed by atoms with E-state index in [2.05, 4.69) is 70.2 Å². The first-order chi connectivity index (χ1) is 10.7. The van der Waals surface area contributed by atoms with Gasteiger partial charge < -0.3 is 0 Å². The second-order valence-electron chi connectivity index (χ2n) is 9.84. The molecule has 0 fully saturated rings. The fraction of sp³-hybridized carbons (Fsp3) is 0.500. The van der Waals surface area contributed by atoms with Crippen molar-refractivity contribution in [2.75, 3.05) is 0 Å². The molecule has 26 heavy (non-hydrogen) atoms. The second-order valence-corrected chi connectivity index (χ2v) is 33.4. The van der Waals surface area contributed by atoms with Crippen molar-refractivity contribution in [3.63, 3.8) is 0 Å². The maximum atomic E-state index is 7.09. The first-order valence-corrected chi connectivity index (χ1v) is 20.4. The van der Waals surface area contributed by atoms with E-state index in [9.17, 15) is 0 Å². The molecule has 0 heterocycles. The van der Waals surface area contributed by atoms with Crippen molar-refractivity contribution in [1.82, 2.24) is 0 Å². The minimum Gasteiger partial charge on any atom is -0.147 e. The van der Waals surface area contributed by atoms with Crippen molar-refractivity contribution in [1.29, 1.82) is 0 Å². The molecule has 0 atom stereocenters. The summed E-state index contributed by atoms with van der Waals surface area (Å²) in [5.74, 6) is 1.24. The zero-order chi connectivity index (χ0) is 18.5. The molecule has 1 aliphatic rings. The molecule has 2 rings (SSSR count). The molecule has 1 aliphatic carbocycles. The van der Waals surface area contributed by atoms with Gasteiger partial charge in [-0.15, -0.1) is 24.8 Å². The van der Waals surface area contributed by atoms with Crippen LogP contribution in [0, 0.1) is 20.8 Å². The van der Waals surface area contributed by atoms with Gasteiger partial charge in [-0.1, -0.05) is 0 Å². The summed E-state index contributed by atoms with van der Waals surface area (Å²) in [5.41, 5.74) is 5.94. The molecule has 0 saturated carbocycles. The Morgan fingerprint density at radius 2 is 1.54 bits per heavy atom. The van der Waals surface area contributed by atoms with E-state index in [0.29, 0.717) is 0 Å². The van der Waals surface area contributed by atoms with Crippen LogP contribution in [-0.4, -0.2) is 18.4 Å². The van der Waals surface area contributed by atoms with E-state index in [0.717, 1.165) is 24.8 Å². The molecule has 6 heteroatoms. The van der Waals surface area contributed by atoms with Crippen LogP contribution in [0.1, 0.15) is 49.4 Å². The predicted octanol–water partition coefficient (Wildman–Crippen LogP) is 3.95. The Labute approximate surface area is 179 Å². The summed E-state index contributed by atoms with van der Waals surface area (Å²) >= 11 is -2.99. The summed E-state index contributed by atoms with van der Waals surface area (Å²) in [5, 5.41) is 6.42. The molecule has 0 radical (unpaired) electrons. The second kappa shape index (κ2) is 8.30. The van der Waals surface area contributed by atoms with Crippen LogP contribution in [0.5, 0.6) is 5.75 Å². The third-order valence-corrected chi connectivity index (χ3v) is 15.5. The zero-order valence-electron chi connectivity index (χ0n) is 18.2. The van der Waals surface area contributed by atoms with Gasteiger partial charge in [0.15, 0.2) is 0 Å². The monoisotopic (exact) mass is 467 g/mol. The number of hydrogen-bond acceptors (Lipinski definition) is 1. The van der Waals surface area contributed by atoms with Gasteiger partial charge in [-0.3, -0.25) is 0 Å². The van der Waals surface area contributed by atoms with Gasteiger partial charge in [-0.05, 0) is 0 Å². The van der Waals surface area contributed by atoms with Gasteiger partial charge >= 0.3 is 156 Å². The van der Waals surface area contributed by atoms with Crippen LogP contribution in [0.25, 0.3) is 0 Å². The van der Waals surface area contributed by atoms with Crippen molar-refractivity contribution in [3.8, 4) is 5.75 Å². The number of allylic oxidation sites excluding steroid dienone is 4. The van der Waals surface area contributed by atoms with Crippen LogP contribution in [0.2, 0.25) is 10.5 Å². The first-order valence-electron chi connectivity index (χ1n) is 9.13. The molecule has 0 spiro atoms. The molecule has 0 unspecified atom stereocenters. The van der Waals surface area contributed by atoms with E-state index in [-0.39, 0.29) is 30.2 Å². The van der Waals surface area contributed by atoms with E-state index in [1.54, 1.807) is 3.88 Å². The number of rotatable bonds is 3. The molecular weight excluding hydrogens is 431 g/mol. The van der Waals surface area contributed by atoms with E-state index >= 15 is 0 Å². The van der Waals surface area contributed by atoms with Crippen LogP contribution in [-0.2, 0) is 20.4 Å². The summed E-state index contributed by atoms with van der Waals surface area (Å²) < 4.78 is 8.68. The first kappa shape index (κ1) is 26.2. The van der Waals surface area contributed by atoms with E-state index < -0.39 is 14.9 Å². The summed E-state index contributed by atoms with van der Waals surface area (Å²) in [6.45, 7) is 13.8. The summed E-state index contributed by atoms with van der Waals surface area (Å²) in [7, 11) is 2.18. The fourth-order valence-corrected chi connectivity index (χ4v) is 12.5. The summed E-state index contributed by atoms with van der Waals surface area (Å²) in [6, 6.07) is 0. The Morgan fingerprint density at radius 1 is 1.00 bits per heavy atom. The maximum absolute atomic E-state index is 7.09. The van der Waals surface area contributed by atoms with Crippen LogP contribution in [0.3, 0.4) is 0 Å². The van der Waals surface area contributed by atoms with Crippen molar-refractivity contribution in [2.24, 2.45) is 0 Å². The SMILES string of the molecule is Cc1c(C)c([O][Ti]([CH3])([CH3])([SiH3])[C]2=CC=CC2)c([SiH3])c(C(C)(C)C)c1C.Cl.Cl. The van der Waals surface area contributed by atoms with Gasteiger partial charge in [0.1, 0.15) is 0 Å². The van der Waals surface area contributed by atoms with Gasteiger partial charge in [0.2, 0.25) is 0 Å². The van der Waals surface area contributed by atoms with Crippen molar-refractivity contribution < 1.29 is 18.3 Å². The van der Waals surface area contributed by atoms with E-state index in [4.69, 9.17) is 3.32 Å². The quantitative estimate of drug-likeness (QED) is 0.611. The van der Waals surface area contributed by atoms with Crippen molar-refractivity contribution in [2.45, 2.75) is 63.8 Å². The van der Waals surface area contributed by atoms with Gasteiger partial charge in [0.05, 0.1) is 0 Å². The van der Waals surface area contributed by atoms with E-state index in [1.165, 1.54) is 33.2 Å². The normalized spacial score (nSPS) is 15.7. The molecule has 0 aromatic heterocycles. The zero-order valence-corrected chi connectivity index (χ0v) is 25.4. The summed E-state index contributed by atoms with van der Waals surface area (Å²) in [6.07, 6.45) is 7.92. The van der Waals surface area contributed by atoms with Gasteiger partial charge in [0.25, 0.3) is 0 Å². The van der Waals surface area contributed by atoms with Gasteiger partial charge in [0, 0.05) is 0 Å². The molecule has 1 aromatic carbocycles. The maximum Gasteiger partial charge on any atom is -0.147 e. The number of hydrogen-bond donors (Lipinski definition) is 0. The minimum absolute atomic E-state index is 0. The average molecular weight is 468 g/mol. The topological polar surface area (TPSA) is 9.23 Å². The Balaban J connectivity index is 0.00000312. The Morgan fingerprint density at radius 3 is 1.96 bits per heavy atom. The molecule has 0 aliphatic heterocycles. The Bertz CT molecular complexity index is 754. The van der Waals surface area contributed by atoms with Crippen molar-refractivity contribution in [3.05, 3.63) is 44.4 Å². The molecule has 1 aromatic rings. The minimum atomic E-state index is -2.99. The third-order valence-electron chi connectivity index (χ3n) is 5.63. The summed E-state index contributed by atoms with van der Waals surface area (Å²) in [4.78, 5) is 0. The Kier molecular flexibility index (Phi) is 8.38. The largest absolute Gasteiger partial charge is 0.147 e.